The summed E-state index contributed by atoms with van der Waals surface area (Å²) in [6.45, 7) is 6.61. The molecule has 6 heteroatoms. The number of amides is 1. The molecular weight excluding hydrogens is 342 g/mol. The zero-order valence-electron chi connectivity index (χ0n) is 15.7. The van der Waals surface area contributed by atoms with Crippen LogP contribution >= 0.6 is 0 Å². The molecule has 0 aliphatic carbocycles. The fourth-order valence-corrected chi connectivity index (χ4v) is 3.08. The SMILES string of the molecule is C1CCNC1.Cc1cncc(COc2ccc3oc(C)c(C(N)=O)c3c2)c1. The van der Waals surface area contributed by atoms with Crippen LogP contribution in [0.5, 0.6) is 5.75 Å². The van der Waals surface area contributed by atoms with Crippen LogP contribution in [-0.4, -0.2) is 24.0 Å². The molecule has 1 aliphatic rings. The molecule has 0 atom stereocenters. The molecule has 3 heterocycles. The lowest BCUT2D eigenvalue weighted by molar-refractivity contribution is 0.1000. The van der Waals surface area contributed by atoms with E-state index in [2.05, 4.69) is 10.3 Å². The van der Waals surface area contributed by atoms with Gasteiger partial charge in [0.15, 0.2) is 0 Å². The van der Waals surface area contributed by atoms with Crippen LogP contribution in [0.1, 0.15) is 40.1 Å². The Kier molecular flexibility index (Phi) is 6.08. The normalized spacial score (nSPS) is 13.3. The van der Waals surface area contributed by atoms with Gasteiger partial charge in [-0.15, -0.1) is 0 Å². The zero-order valence-corrected chi connectivity index (χ0v) is 15.7. The van der Waals surface area contributed by atoms with Gasteiger partial charge in [-0.05, 0) is 69.6 Å². The third-order valence-corrected chi connectivity index (χ3v) is 4.38. The van der Waals surface area contributed by atoms with Crippen molar-refractivity contribution in [2.45, 2.75) is 33.3 Å². The van der Waals surface area contributed by atoms with Gasteiger partial charge in [-0.25, -0.2) is 0 Å². The Bertz CT molecular complexity index is 922. The monoisotopic (exact) mass is 367 g/mol. The summed E-state index contributed by atoms with van der Waals surface area (Å²) in [5.74, 6) is 0.663. The highest BCUT2D eigenvalue weighted by Crippen LogP contribution is 2.29. The lowest BCUT2D eigenvalue weighted by Gasteiger charge is -2.06. The highest BCUT2D eigenvalue weighted by atomic mass is 16.5. The van der Waals surface area contributed by atoms with E-state index in [0.717, 1.165) is 11.1 Å². The molecule has 27 heavy (non-hydrogen) atoms. The number of carbonyl (C=O) groups is 1. The Labute approximate surface area is 158 Å². The number of furan rings is 1. The Hall–Kier alpha value is -2.86. The van der Waals surface area contributed by atoms with Gasteiger partial charge in [-0.2, -0.15) is 0 Å². The summed E-state index contributed by atoms with van der Waals surface area (Å²) in [4.78, 5) is 15.7. The predicted octanol–water partition coefficient (Wildman–Crippen LogP) is 3.49. The number of benzene rings is 1. The van der Waals surface area contributed by atoms with Crippen LogP contribution in [-0.2, 0) is 6.61 Å². The van der Waals surface area contributed by atoms with E-state index in [0.29, 0.717) is 34.6 Å². The summed E-state index contributed by atoms with van der Waals surface area (Å²) in [5, 5.41) is 3.89. The van der Waals surface area contributed by atoms with Crippen molar-refractivity contribution in [2.75, 3.05) is 13.1 Å². The molecule has 1 saturated heterocycles. The number of aromatic nitrogens is 1. The van der Waals surface area contributed by atoms with Crippen LogP contribution in [0.25, 0.3) is 11.0 Å². The van der Waals surface area contributed by atoms with Crippen LogP contribution in [0, 0.1) is 13.8 Å². The second-order valence-corrected chi connectivity index (χ2v) is 6.67. The minimum atomic E-state index is -0.503. The number of fused-ring (bicyclic) bond motifs is 1. The summed E-state index contributed by atoms with van der Waals surface area (Å²) in [6.07, 6.45) is 6.34. The van der Waals surface area contributed by atoms with Crippen molar-refractivity contribution in [3.63, 3.8) is 0 Å². The second kappa shape index (κ2) is 8.68. The van der Waals surface area contributed by atoms with Gasteiger partial charge >= 0.3 is 0 Å². The number of nitrogens with zero attached hydrogens (tertiary/aromatic N) is 1. The number of nitrogens with two attached hydrogens (primary N) is 1. The lowest BCUT2D eigenvalue weighted by atomic mass is 10.1. The highest BCUT2D eigenvalue weighted by Gasteiger charge is 2.16. The fraction of sp³-hybridized carbons (Fsp3) is 0.333. The quantitative estimate of drug-likeness (QED) is 0.737. The molecule has 0 radical (unpaired) electrons. The van der Waals surface area contributed by atoms with E-state index >= 15 is 0 Å². The van der Waals surface area contributed by atoms with Crippen molar-refractivity contribution < 1.29 is 13.9 Å². The molecule has 0 spiro atoms. The van der Waals surface area contributed by atoms with Gasteiger partial charge < -0.3 is 20.2 Å². The maximum atomic E-state index is 11.5. The first-order chi connectivity index (χ1) is 13.0. The van der Waals surface area contributed by atoms with Crippen molar-refractivity contribution in [2.24, 2.45) is 5.73 Å². The first-order valence-corrected chi connectivity index (χ1v) is 9.11. The van der Waals surface area contributed by atoms with Crippen LogP contribution < -0.4 is 15.8 Å². The first kappa shape index (κ1) is 18.9. The number of aryl methyl sites for hydroxylation is 2. The average Bonchev–Trinajstić information content (AvgIpc) is 3.30. The zero-order chi connectivity index (χ0) is 19.2. The molecule has 1 fully saturated rings. The molecule has 0 saturated carbocycles. The van der Waals surface area contributed by atoms with Crippen molar-refractivity contribution >= 4 is 16.9 Å². The minimum Gasteiger partial charge on any atom is -0.489 e. The number of primary amides is 1. The molecule has 1 aliphatic heterocycles. The van der Waals surface area contributed by atoms with Crippen LogP contribution in [0.4, 0.5) is 0 Å². The third kappa shape index (κ3) is 4.86. The predicted molar refractivity (Wildman–Crippen MR) is 105 cm³/mol. The number of pyridine rings is 1. The molecule has 0 unspecified atom stereocenters. The number of ether oxygens (including phenoxy) is 1. The number of rotatable bonds is 4. The van der Waals surface area contributed by atoms with Crippen LogP contribution in [0.3, 0.4) is 0 Å². The molecule has 3 N–H and O–H groups in total. The number of hydrogen-bond acceptors (Lipinski definition) is 5. The van der Waals surface area contributed by atoms with Gasteiger partial charge in [0.1, 0.15) is 23.7 Å². The molecule has 3 aromatic rings. The summed E-state index contributed by atoms with van der Waals surface area (Å²) < 4.78 is 11.3. The van der Waals surface area contributed by atoms with Crippen molar-refractivity contribution in [3.8, 4) is 5.75 Å². The molecular formula is C21H25N3O3. The molecule has 6 nitrogen and oxygen atoms in total. The molecule has 1 aromatic carbocycles. The molecule has 4 rings (SSSR count). The Morgan fingerprint density at radius 3 is 2.63 bits per heavy atom. The maximum absolute atomic E-state index is 11.5. The minimum absolute atomic E-state index is 0.401. The standard InChI is InChI=1S/C17H16N2O3.C4H9N/c1-10-5-12(8-19-7-10)9-21-13-3-4-15-14(6-13)16(17(18)20)11(2)22-15;1-2-4-5-3-1/h3-8H,9H2,1-2H3,(H2,18,20);5H,1-4H2. The van der Waals surface area contributed by atoms with E-state index in [9.17, 15) is 4.79 Å². The Balaban J connectivity index is 0.000000364. The summed E-state index contributed by atoms with van der Waals surface area (Å²) in [6, 6.07) is 7.37. The molecule has 142 valence electrons. The smallest absolute Gasteiger partial charge is 0.252 e. The van der Waals surface area contributed by atoms with Gasteiger partial charge in [-0.3, -0.25) is 9.78 Å². The first-order valence-electron chi connectivity index (χ1n) is 9.11. The number of hydrogen-bond donors (Lipinski definition) is 2. The Morgan fingerprint density at radius 2 is 2.00 bits per heavy atom. The van der Waals surface area contributed by atoms with Gasteiger partial charge in [0.05, 0.1) is 5.56 Å². The fourth-order valence-electron chi connectivity index (χ4n) is 3.08. The highest BCUT2D eigenvalue weighted by molar-refractivity contribution is 6.06. The molecule has 0 bridgehead atoms. The average molecular weight is 367 g/mol. The Morgan fingerprint density at radius 1 is 1.22 bits per heavy atom. The van der Waals surface area contributed by atoms with Gasteiger partial charge in [0, 0.05) is 23.3 Å². The second-order valence-electron chi connectivity index (χ2n) is 6.67. The van der Waals surface area contributed by atoms with E-state index in [1.807, 2.05) is 13.0 Å². The van der Waals surface area contributed by atoms with E-state index in [-0.39, 0.29) is 0 Å². The van der Waals surface area contributed by atoms with Crippen molar-refractivity contribution in [1.29, 1.82) is 0 Å². The van der Waals surface area contributed by atoms with Gasteiger partial charge in [-0.1, -0.05) is 0 Å². The topological polar surface area (TPSA) is 90.4 Å². The number of nitrogens with one attached hydrogen (secondary N) is 1. The van der Waals surface area contributed by atoms with Gasteiger partial charge in [0.2, 0.25) is 0 Å². The van der Waals surface area contributed by atoms with E-state index in [1.165, 1.54) is 25.9 Å². The summed E-state index contributed by atoms with van der Waals surface area (Å²) in [5.41, 5.74) is 8.50. The number of carbonyl (C=O) groups excluding carboxylic acids is 1. The third-order valence-electron chi connectivity index (χ3n) is 4.38. The van der Waals surface area contributed by atoms with Crippen LogP contribution in [0.2, 0.25) is 0 Å². The molecule has 2 aromatic heterocycles. The van der Waals surface area contributed by atoms with Crippen LogP contribution in [0.15, 0.2) is 41.1 Å². The van der Waals surface area contributed by atoms with Crippen molar-refractivity contribution in [1.82, 2.24) is 10.3 Å². The van der Waals surface area contributed by atoms with E-state index < -0.39 is 5.91 Å². The maximum Gasteiger partial charge on any atom is 0.252 e. The summed E-state index contributed by atoms with van der Waals surface area (Å²) >= 11 is 0. The summed E-state index contributed by atoms with van der Waals surface area (Å²) in [7, 11) is 0. The lowest BCUT2D eigenvalue weighted by Crippen LogP contribution is -2.11. The van der Waals surface area contributed by atoms with Gasteiger partial charge in [0.25, 0.3) is 5.91 Å². The van der Waals surface area contributed by atoms with E-state index in [1.54, 1.807) is 37.5 Å². The van der Waals surface area contributed by atoms with Crippen molar-refractivity contribution in [3.05, 3.63) is 59.1 Å². The molecule has 1 amide bonds. The largest absolute Gasteiger partial charge is 0.489 e. The van der Waals surface area contributed by atoms with E-state index in [4.69, 9.17) is 14.9 Å².